The Kier molecular flexibility index (Phi) is 3.54. The Morgan fingerprint density at radius 3 is 2.50 bits per heavy atom. The molecule has 0 amide bonds. The molecule has 1 N–H and O–H groups in total. The smallest absolute Gasteiger partial charge is 0.161 e. The second kappa shape index (κ2) is 5.34. The predicted molar refractivity (Wildman–Crippen MR) is 75.7 cm³/mol. The van der Waals surface area contributed by atoms with Crippen molar-refractivity contribution in [2.75, 3.05) is 13.7 Å². The van der Waals surface area contributed by atoms with Crippen LogP contribution >= 0.6 is 0 Å². The van der Waals surface area contributed by atoms with E-state index in [0.717, 1.165) is 12.8 Å². The number of hydrogen-bond donors (Lipinski definition) is 1. The summed E-state index contributed by atoms with van der Waals surface area (Å²) in [6, 6.07) is 10.5. The third-order valence-corrected chi connectivity index (χ3v) is 4.04. The molecule has 0 aromatic heterocycles. The maximum Gasteiger partial charge on any atom is 0.161 e. The van der Waals surface area contributed by atoms with Crippen LogP contribution in [0.2, 0.25) is 0 Å². The van der Waals surface area contributed by atoms with E-state index >= 15 is 0 Å². The standard InChI is InChI=1S/C16H20N2O2/c1-19-14-4-2-3-5-15(14)20-11-16(10-17,12-6-7-12)18-13-8-9-13/h2-5,12-13,18H,6-9,11H2,1H3. The van der Waals surface area contributed by atoms with Gasteiger partial charge in [0.05, 0.1) is 13.2 Å². The van der Waals surface area contributed by atoms with Gasteiger partial charge in [-0.05, 0) is 43.7 Å². The van der Waals surface area contributed by atoms with E-state index in [0.29, 0.717) is 30.1 Å². The molecule has 106 valence electrons. The van der Waals surface area contributed by atoms with Crippen molar-refractivity contribution in [2.24, 2.45) is 5.92 Å². The lowest BCUT2D eigenvalue weighted by molar-refractivity contribution is 0.194. The van der Waals surface area contributed by atoms with Crippen LogP contribution in [-0.4, -0.2) is 25.3 Å². The first-order valence-corrected chi connectivity index (χ1v) is 7.22. The molecule has 4 heteroatoms. The van der Waals surface area contributed by atoms with E-state index in [1.54, 1.807) is 7.11 Å². The van der Waals surface area contributed by atoms with Gasteiger partial charge in [0.1, 0.15) is 12.1 Å². The number of methoxy groups -OCH3 is 1. The zero-order valence-electron chi connectivity index (χ0n) is 11.8. The Labute approximate surface area is 119 Å². The molecule has 2 aliphatic rings. The molecule has 0 saturated heterocycles. The monoisotopic (exact) mass is 272 g/mol. The molecule has 1 aromatic carbocycles. The third-order valence-electron chi connectivity index (χ3n) is 4.04. The van der Waals surface area contributed by atoms with Crippen molar-refractivity contribution in [1.29, 1.82) is 5.26 Å². The van der Waals surface area contributed by atoms with E-state index in [9.17, 15) is 5.26 Å². The van der Waals surface area contributed by atoms with Gasteiger partial charge in [-0.25, -0.2) is 0 Å². The highest BCUT2D eigenvalue weighted by Crippen LogP contribution is 2.42. The first kappa shape index (κ1) is 13.3. The largest absolute Gasteiger partial charge is 0.493 e. The maximum absolute atomic E-state index is 9.64. The Hall–Kier alpha value is -1.73. The lowest BCUT2D eigenvalue weighted by Crippen LogP contribution is -2.52. The van der Waals surface area contributed by atoms with E-state index in [-0.39, 0.29) is 0 Å². The number of nitrogens with one attached hydrogen (secondary N) is 1. The van der Waals surface area contributed by atoms with Gasteiger partial charge in [0.2, 0.25) is 0 Å². The molecule has 2 saturated carbocycles. The van der Waals surface area contributed by atoms with E-state index in [1.807, 2.05) is 24.3 Å². The minimum Gasteiger partial charge on any atom is -0.493 e. The number of nitrogens with zero attached hydrogens (tertiary/aromatic N) is 1. The fraction of sp³-hybridized carbons (Fsp3) is 0.562. The number of nitriles is 1. The molecule has 0 bridgehead atoms. The van der Waals surface area contributed by atoms with Crippen LogP contribution in [0, 0.1) is 17.2 Å². The quantitative estimate of drug-likeness (QED) is 0.828. The van der Waals surface area contributed by atoms with Crippen LogP contribution in [0.25, 0.3) is 0 Å². The molecular weight excluding hydrogens is 252 g/mol. The lowest BCUT2D eigenvalue weighted by atomic mass is 9.96. The van der Waals surface area contributed by atoms with E-state index in [1.165, 1.54) is 12.8 Å². The fourth-order valence-electron chi connectivity index (χ4n) is 2.53. The van der Waals surface area contributed by atoms with Crippen molar-refractivity contribution >= 4 is 0 Å². The molecule has 2 aliphatic carbocycles. The molecule has 0 spiro atoms. The summed E-state index contributed by atoms with van der Waals surface area (Å²) in [7, 11) is 1.63. The van der Waals surface area contributed by atoms with Crippen LogP contribution in [0.5, 0.6) is 11.5 Å². The summed E-state index contributed by atoms with van der Waals surface area (Å²) in [6.45, 7) is 0.380. The number of ether oxygens (including phenoxy) is 2. The molecule has 1 atom stereocenters. The second-order valence-corrected chi connectivity index (χ2v) is 5.72. The Morgan fingerprint density at radius 2 is 1.95 bits per heavy atom. The van der Waals surface area contributed by atoms with Crippen LogP contribution < -0.4 is 14.8 Å². The molecule has 4 nitrogen and oxygen atoms in total. The van der Waals surface area contributed by atoms with Gasteiger partial charge in [-0.3, -0.25) is 5.32 Å². The van der Waals surface area contributed by atoms with Gasteiger partial charge in [-0.15, -0.1) is 0 Å². The fourth-order valence-corrected chi connectivity index (χ4v) is 2.53. The molecule has 2 fully saturated rings. The van der Waals surface area contributed by atoms with Crippen molar-refractivity contribution in [3.8, 4) is 17.6 Å². The van der Waals surface area contributed by atoms with Crippen LogP contribution in [0.3, 0.4) is 0 Å². The van der Waals surface area contributed by atoms with Crippen molar-refractivity contribution < 1.29 is 9.47 Å². The van der Waals surface area contributed by atoms with Crippen LogP contribution in [-0.2, 0) is 0 Å². The van der Waals surface area contributed by atoms with Crippen molar-refractivity contribution in [2.45, 2.75) is 37.3 Å². The molecule has 0 aliphatic heterocycles. The average molecular weight is 272 g/mol. The topological polar surface area (TPSA) is 54.3 Å². The van der Waals surface area contributed by atoms with Crippen LogP contribution in [0.4, 0.5) is 0 Å². The van der Waals surface area contributed by atoms with Gasteiger partial charge in [0.15, 0.2) is 11.5 Å². The average Bonchev–Trinajstić information content (AvgIpc) is 3.37. The molecular formula is C16H20N2O2. The minimum atomic E-state index is -0.540. The molecule has 0 heterocycles. The highest BCUT2D eigenvalue weighted by Gasteiger charge is 2.49. The summed E-state index contributed by atoms with van der Waals surface area (Å²) in [4.78, 5) is 0. The summed E-state index contributed by atoms with van der Waals surface area (Å²) < 4.78 is 11.2. The number of benzene rings is 1. The van der Waals surface area contributed by atoms with Gasteiger partial charge in [-0.2, -0.15) is 5.26 Å². The zero-order valence-corrected chi connectivity index (χ0v) is 11.8. The Morgan fingerprint density at radius 1 is 1.25 bits per heavy atom. The van der Waals surface area contributed by atoms with Gasteiger partial charge < -0.3 is 9.47 Å². The number of para-hydroxylation sites is 2. The van der Waals surface area contributed by atoms with Gasteiger partial charge in [-0.1, -0.05) is 12.1 Å². The summed E-state index contributed by atoms with van der Waals surface area (Å²) in [5, 5.41) is 13.1. The molecule has 1 aromatic rings. The van der Waals surface area contributed by atoms with E-state index < -0.39 is 5.54 Å². The highest BCUT2D eigenvalue weighted by atomic mass is 16.5. The summed E-state index contributed by atoms with van der Waals surface area (Å²) in [5.74, 6) is 1.83. The van der Waals surface area contributed by atoms with E-state index in [2.05, 4.69) is 11.4 Å². The Balaban J connectivity index is 1.71. The normalized spacial score (nSPS) is 20.8. The minimum absolute atomic E-state index is 0.380. The summed E-state index contributed by atoms with van der Waals surface area (Å²) in [6.07, 6.45) is 4.57. The number of hydrogen-bond acceptors (Lipinski definition) is 4. The Bertz CT molecular complexity index is 517. The van der Waals surface area contributed by atoms with E-state index in [4.69, 9.17) is 9.47 Å². The first-order chi connectivity index (χ1) is 9.77. The molecule has 20 heavy (non-hydrogen) atoms. The third kappa shape index (κ3) is 2.73. The highest BCUT2D eigenvalue weighted by molar-refractivity contribution is 5.39. The van der Waals surface area contributed by atoms with Gasteiger partial charge in [0, 0.05) is 6.04 Å². The van der Waals surface area contributed by atoms with Crippen molar-refractivity contribution in [3.63, 3.8) is 0 Å². The van der Waals surface area contributed by atoms with Gasteiger partial charge >= 0.3 is 0 Å². The van der Waals surface area contributed by atoms with Crippen LogP contribution in [0.1, 0.15) is 25.7 Å². The van der Waals surface area contributed by atoms with Gasteiger partial charge in [0.25, 0.3) is 0 Å². The lowest BCUT2D eigenvalue weighted by Gasteiger charge is -2.28. The maximum atomic E-state index is 9.64. The molecule has 0 radical (unpaired) electrons. The second-order valence-electron chi connectivity index (χ2n) is 5.72. The van der Waals surface area contributed by atoms with Crippen molar-refractivity contribution in [1.82, 2.24) is 5.32 Å². The number of rotatable bonds is 7. The van der Waals surface area contributed by atoms with Crippen molar-refractivity contribution in [3.05, 3.63) is 24.3 Å². The molecule has 1 unspecified atom stereocenters. The SMILES string of the molecule is COc1ccccc1OCC(C#N)(NC1CC1)C1CC1. The first-order valence-electron chi connectivity index (χ1n) is 7.22. The van der Waals surface area contributed by atoms with Crippen LogP contribution in [0.15, 0.2) is 24.3 Å². The summed E-state index contributed by atoms with van der Waals surface area (Å²) >= 11 is 0. The molecule has 3 rings (SSSR count). The summed E-state index contributed by atoms with van der Waals surface area (Å²) in [5.41, 5.74) is -0.540. The predicted octanol–water partition coefficient (Wildman–Crippen LogP) is 2.50. The zero-order chi connectivity index (χ0) is 14.0.